The minimum absolute atomic E-state index is 0.0245. The lowest BCUT2D eigenvalue weighted by atomic mass is 10.1. The smallest absolute Gasteiger partial charge is 0.159 e. The third-order valence-corrected chi connectivity index (χ3v) is 4.60. The van der Waals surface area contributed by atoms with E-state index < -0.39 is 0 Å². The molecule has 0 bridgehead atoms. The molecular weight excluding hydrogens is 488 g/mol. The van der Waals surface area contributed by atoms with Gasteiger partial charge in [0.15, 0.2) is 5.78 Å². The van der Waals surface area contributed by atoms with Crippen LogP contribution in [0.3, 0.4) is 0 Å². The van der Waals surface area contributed by atoms with E-state index in [4.69, 9.17) is 47.7 Å². The van der Waals surface area contributed by atoms with Crippen molar-refractivity contribution < 1.29 is 52.5 Å². The van der Waals surface area contributed by atoms with Crippen molar-refractivity contribution in [3.63, 3.8) is 0 Å². The van der Waals surface area contributed by atoms with Crippen molar-refractivity contribution >= 4 is 5.78 Å². The van der Waals surface area contributed by atoms with E-state index in [2.05, 4.69) is 0 Å². The molecular formula is C26H44O11. The summed E-state index contributed by atoms with van der Waals surface area (Å²) in [6.07, 6.45) is 0. The number of hydrogen-bond acceptors (Lipinski definition) is 11. The molecule has 1 rings (SSSR count). The Labute approximate surface area is 220 Å². The van der Waals surface area contributed by atoms with Crippen LogP contribution >= 0.6 is 0 Å². The Bertz CT molecular complexity index is 627. The number of ether oxygens (including phenoxy) is 9. The zero-order valence-electron chi connectivity index (χ0n) is 22.1. The summed E-state index contributed by atoms with van der Waals surface area (Å²) < 4.78 is 48.5. The van der Waals surface area contributed by atoms with Gasteiger partial charge in [0.1, 0.15) is 12.4 Å². The van der Waals surface area contributed by atoms with Gasteiger partial charge in [-0.25, -0.2) is 0 Å². The van der Waals surface area contributed by atoms with Crippen molar-refractivity contribution in [1.82, 2.24) is 0 Å². The van der Waals surface area contributed by atoms with Gasteiger partial charge in [-0.2, -0.15) is 0 Å². The van der Waals surface area contributed by atoms with E-state index in [1.807, 2.05) is 0 Å². The minimum Gasteiger partial charge on any atom is -0.491 e. The molecule has 1 N–H and O–H groups in total. The monoisotopic (exact) mass is 532 g/mol. The Hall–Kier alpha value is -1.67. The zero-order valence-corrected chi connectivity index (χ0v) is 22.1. The predicted molar refractivity (Wildman–Crippen MR) is 136 cm³/mol. The maximum absolute atomic E-state index is 11.2. The number of aliphatic hydroxyl groups is 1. The summed E-state index contributed by atoms with van der Waals surface area (Å²) in [5, 5.41) is 8.56. The Balaban J connectivity index is 1.69. The van der Waals surface area contributed by atoms with Crippen LogP contribution in [0.2, 0.25) is 0 Å². The van der Waals surface area contributed by atoms with Crippen LogP contribution in [-0.4, -0.2) is 130 Å². The van der Waals surface area contributed by atoms with Gasteiger partial charge in [0.05, 0.1) is 112 Å². The van der Waals surface area contributed by atoms with Crippen LogP contribution in [0.5, 0.6) is 5.75 Å². The van der Waals surface area contributed by atoms with Crippen LogP contribution in [0, 0.1) is 0 Å². The lowest BCUT2D eigenvalue weighted by Crippen LogP contribution is -2.15. The van der Waals surface area contributed by atoms with Gasteiger partial charge >= 0.3 is 0 Å². The summed E-state index contributed by atoms with van der Waals surface area (Å²) in [6, 6.07) is 7.04. The first kappa shape index (κ1) is 33.4. The number of aliphatic hydroxyl groups excluding tert-OH is 1. The molecule has 0 aliphatic heterocycles. The third-order valence-electron chi connectivity index (χ3n) is 4.60. The molecule has 0 heterocycles. The molecule has 0 spiro atoms. The summed E-state index contributed by atoms with van der Waals surface area (Å²) in [5.74, 6) is 0.742. The number of carbonyl (C=O) groups excluding carboxylic acids is 1. The second-order valence-electron chi connectivity index (χ2n) is 7.55. The number of hydrogen-bond donors (Lipinski definition) is 1. The molecule has 0 fully saturated rings. The topological polar surface area (TPSA) is 120 Å². The first-order valence-corrected chi connectivity index (χ1v) is 12.7. The number of benzene rings is 1. The quantitative estimate of drug-likeness (QED) is 0.125. The summed E-state index contributed by atoms with van der Waals surface area (Å²) in [4.78, 5) is 11.2. The number of carbonyl (C=O) groups is 1. The fourth-order valence-corrected chi connectivity index (χ4v) is 2.71. The van der Waals surface area contributed by atoms with Gasteiger partial charge in [-0.05, 0) is 31.2 Å². The van der Waals surface area contributed by atoms with Crippen LogP contribution in [0.4, 0.5) is 0 Å². The van der Waals surface area contributed by atoms with E-state index in [1.165, 1.54) is 6.92 Å². The molecule has 0 radical (unpaired) electrons. The van der Waals surface area contributed by atoms with Gasteiger partial charge in [0.2, 0.25) is 0 Å². The van der Waals surface area contributed by atoms with Crippen LogP contribution in [0.25, 0.3) is 0 Å². The average molecular weight is 533 g/mol. The van der Waals surface area contributed by atoms with Crippen LogP contribution in [-0.2, 0) is 37.9 Å². The van der Waals surface area contributed by atoms with E-state index in [0.717, 1.165) is 0 Å². The molecule has 11 heteroatoms. The number of Topliss-reactive ketones (excluding diaryl/α,β-unsaturated/α-hetero) is 1. The SMILES string of the molecule is CC(=O)c1ccc(OCCOCCOCCOCCOCCOCCOCCOCCOCCO)cc1. The molecule has 0 saturated carbocycles. The molecule has 1 aromatic carbocycles. The van der Waals surface area contributed by atoms with Crippen molar-refractivity contribution in [2.45, 2.75) is 6.92 Å². The molecule has 214 valence electrons. The van der Waals surface area contributed by atoms with Gasteiger partial charge in [-0.15, -0.1) is 0 Å². The lowest BCUT2D eigenvalue weighted by molar-refractivity contribution is -0.0242. The highest BCUT2D eigenvalue weighted by Crippen LogP contribution is 2.12. The van der Waals surface area contributed by atoms with E-state index in [1.54, 1.807) is 24.3 Å². The maximum Gasteiger partial charge on any atom is 0.159 e. The van der Waals surface area contributed by atoms with Crippen molar-refractivity contribution in [3.8, 4) is 5.75 Å². The molecule has 0 atom stereocenters. The van der Waals surface area contributed by atoms with Crippen LogP contribution in [0.15, 0.2) is 24.3 Å². The molecule has 37 heavy (non-hydrogen) atoms. The van der Waals surface area contributed by atoms with E-state index >= 15 is 0 Å². The first-order chi connectivity index (χ1) is 18.2. The Morgan fingerprint density at radius 3 is 1.11 bits per heavy atom. The molecule has 0 aliphatic carbocycles. The highest BCUT2D eigenvalue weighted by Gasteiger charge is 2.00. The van der Waals surface area contributed by atoms with E-state index in [-0.39, 0.29) is 12.4 Å². The van der Waals surface area contributed by atoms with Gasteiger partial charge in [-0.3, -0.25) is 4.79 Å². The van der Waals surface area contributed by atoms with Crippen molar-refractivity contribution in [3.05, 3.63) is 29.8 Å². The molecule has 0 aliphatic rings. The lowest BCUT2D eigenvalue weighted by Gasteiger charge is -2.09. The second-order valence-corrected chi connectivity index (χ2v) is 7.55. The summed E-state index contributed by atoms with van der Waals surface area (Å²) in [6.45, 7) is 9.72. The van der Waals surface area contributed by atoms with Gasteiger partial charge in [0, 0.05) is 5.56 Å². The van der Waals surface area contributed by atoms with Crippen molar-refractivity contribution in [2.75, 3.05) is 119 Å². The van der Waals surface area contributed by atoms with Gasteiger partial charge in [-0.1, -0.05) is 0 Å². The summed E-state index contributed by atoms with van der Waals surface area (Å²) in [5.41, 5.74) is 0.665. The van der Waals surface area contributed by atoms with Crippen LogP contribution < -0.4 is 4.74 Å². The third kappa shape index (κ3) is 22.1. The molecule has 11 nitrogen and oxygen atoms in total. The summed E-state index contributed by atoms with van der Waals surface area (Å²) in [7, 11) is 0. The summed E-state index contributed by atoms with van der Waals surface area (Å²) >= 11 is 0. The Kier molecular flexibility index (Phi) is 23.4. The van der Waals surface area contributed by atoms with Gasteiger partial charge in [0.25, 0.3) is 0 Å². The van der Waals surface area contributed by atoms with Crippen molar-refractivity contribution in [2.24, 2.45) is 0 Å². The number of rotatable bonds is 28. The van der Waals surface area contributed by atoms with E-state index in [0.29, 0.717) is 124 Å². The zero-order chi connectivity index (χ0) is 26.7. The first-order valence-electron chi connectivity index (χ1n) is 12.7. The fourth-order valence-electron chi connectivity index (χ4n) is 2.71. The molecule has 0 saturated heterocycles. The molecule has 0 unspecified atom stereocenters. The van der Waals surface area contributed by atoms with Crippen molar-refractivity contribution in [1.29, 1.82) is 0 Å². The minimum atomic E-state index is 0.0245. The van der Waals surface area contributed by atoms with Gasteiger partial charge < -0.3 is 47.7 Å². The molecule has 1 aromatic rings. The standard InChI is InChI=1S/C26H44O11/c1-24(28)25-2-4-26(5-3-25)37-23-22-36-21-20-35-19-18-34-17-16-33-15-14-32-13-12-31-11-10-30-9-8-29-7-6-27/h2-5,27H,6-23H2,1H3. The highest BCUT2D eigenvalue weighted by molar-refractivity contribution is 5.94. The number of ketones is 1. The normalized spacial score (nSPS) is 11.2. The Morgan fingerprint density at radius 1 is 0.514 bits per heavy atom. The Morgan fingerprint density at radius 2 is 0.811 bits per heavy atom. The largest absolute Gasteiger partial charge is 0.491 e. The maximum atomic E-state index is 11.2. The molecule has 0 aromatic heterocycles. The highest BCUT2D eigenvalue weighted by atomic mass is 16.6. The van der Waals surface area contributed by atoms with Crippen LogP contribution in [0.1, 0.15) is 17.3 Å². The fraction of sp³-hybridized carbons (Fsp3) is 0.731. The second kappa shape index (κ2) is 26.0. The predicted octanol–water partition coefficient (Wildman–Crippen LogP) is 1.39. The average Bonchev–Trinajstić information content (AvgIpc) is 2.91. The molecule has 0 amide bonds. The van der Waals surface area contributed by atoms with E-state index in [9.17, 15) is 4.79 Å².